The van der Waals surface area contributed by atoms with Crippen molar-refractivity contribution in [3.8, 4) is 0 Å². The molecular weight excluding hydrogens is 186 g/mol. The number of aryl methyl sites for hydroxylation is 1. The minimum atomic E-state index is -0.00647. The van der Waals surface area contributed by atoms with Gasteiger partial charge in [0.15, 0.2) is 0 Å². The van der Waals surface area contributed by atoms with Gasteiger partial charge in [0.2, 0.25) is 0 Å². The fourth-order valence-corrected chi connectivity index (χ4v) is 1.54. The van der Waals surface area contributed by atoms with Crippen LogP contribution >= 0.6 is 0 Å². The zero-order chi connectivity index (χ0) is 11.5. The summed E-state index contributed by atoms with van der Waals surface area (Å²) in [5, 5.41) is 3.31. The molecule has 0 aliphatic rings. The molecule has 3 nitrogen and oxygen atoms in total. The van der Waals surface area contributed by atoms with Crippen molar-refractivity contribution in [2.45, 2.75) is 46.2 Å². The number of imidazole rings is 1. The van der Waals surface area contributed by atoms with Gasteiger partial charge in [0.1, 0.15) is 0 Å². The maximum absolute atomic E-state index is 4.24. The third-order valence-corrected chi connectivity index (χ3v) is 2.93. The Morgan fingerprint density at radius 1 is 1.47 bits per heavy atom. The summed E-state index contributed by atoms with van der Waals surface area (Å²) in [5.41, 5.74) is 1.25. The SMILES string of the molecule is CNC(C)(C)c1cncn1CCC(C)C. The Morgan fingerprint density at radius 3 is 2.67 bits per heavy atom. The molecule has 0 saturated heterocycles. The number of nitrogens with one attached hydrogen (secondary N) is 1. The second kappa shape index (κ2) is 4.79. The molecule has 0 saturated carbocycles. The molecule has 1 heterocycles. The molecule has 0 unspecified atom stereocenters. The van der Waals surface area contributed by atoms with Gasteiger partial charge in [0, 0.05) is 12.7 Å². The summed E-state index contributed by atoms with van der Waals surface area (Å²) in [7, 11) is 1.99. The normalized spacial score (nSPS) is 12.4. The molecular formula is C12H23N3. The number of hydrogen-bond acceptors (Lipinski definition) is 2. The van der Waals surface area contributed by atoms with Crippen molar-refractivity contribution in [1.29, 1.82) is 0 Å². The van der Waals surface area contributed by atoms with Gasteiger partial charge in [-0.15, -0.1) is 0 Å². The first kappa shape index (κ1) is 12.2. The Hall–Kier alpha value is -0.830. The van der Waals surface area contributed by atoms with Crippen molar-refractivity contribution in [3.05, 3.63) is 18.2 Å². The van der Waals surface area contributed by atoms with Crippen LogP contribution in [-0.2, 0) is 12.1 Å². The highest BCUT2D eigenvalue weighted by Gasteiger charge is 2.21. The highest BCUT2D eigenvalue weighted by Crippen LogP contribution is 2.19. The average molecular weight is 209 g/mol. The smallest absolute Gasteiger partial charge is 0.0948 e. The van der Waals surface area contributed by atoms with Crippen molar-refractivity contribution in [1.82, 2.24) is 14.9 Å². The van der Waals surface area contributed by atoms with Crippen LogP contribution in [0.1, 0.15) is 39.8 Å². The molecule has 86 valence electrons. The molecule has 0 fully saturated rings. The lowest BCUT2D eigenvalue weighted by molar-refractivity contribution is 0.397. The lowest BCUT2D eigenvalue weighted by atomic mass is 10.0. The van der Waals surface area contributed by atoms with Crippen LogP contribution in [0.2, 0.25) is 0 Å². The van der Waals surface area contributed by atoms with Gasteiger partial charge in [-0.05, 0) is 33.2 Å². The summed E-state index contributed by atoms with van der Waals surface area (Å²) in [4.78, 5) is 4.24. The molecule has 0 radical (unpaired) electrons. The molecule has 0 aliphatic heterocycles. The van der Waals surface area contributed by atoms with Gasteiger partial charge in [-0.1, -0.05) is 13.8 Å². The molecule has 15 heavy (non-hydrogen) atoms. The van der Waals surface area contributed by atoms with E-state index in [1.54, 1.807) is 0 Å². The molecule has 0 aliphatic carbocycles. The Kier molecular flexibility index (Phi) is 3.91. The van der Waals surface area contributed by atoms with Crippen molar-refractivity contribution < 1.29 is 0 Å². The first-order chi connectivity index (χ1) is 6.97. The highest BCUT2D eigenvalue weighted by molar-refractivity contribution is 5.10. The predicted octanol–water partition coefficient (Wildman–Crippen LogP) is 2.38. The first-order valence-corrected chi connectivity index (χ1v) is 5.67. The van der Waals surface area contributed by atoms with Crippen LogP contribution in [0.5, 0.6) is 0 Å². The fourth-order valence-electron chi connectivity index (χ4n) is 1.54. The van der Waals surface area contributed by atoms with Crippen LogP contribution in [0.25, 0.3) is 0 Å². The van der Waals surface area contributed by atoms with E-state index in [1.165, 1.54) is 12.1 Å². The van der Waals surface area contributed by atoms with Gasteiger partial charge in [0.25, 0.3) is 0 Å². The second-order valence-corrected chi connectivity index (χ2v) is 5.03. The lowest BCUT2D eigenvalue weighted by Gasteiger charge is -2.25. The van der Waals surface area contributed by atoms with Crippen LogP contribution in [0.15, 0.2) is 12.5 Å². The zero-order valence-electron chi connectivity index (χ0n) is 10.5. The Morgan fingerprint density at radius 2 is 2.13 bits per heavy atom. The summed E-state index contributed by atoms with van der Waals surface area (Å²) < 4.78 is 2.25. The van der Waals surface area contributed by atoms with Gasteiger partial charge in [-0.25, -0.2) is 4.98 Å². The van der Waals surface area contributed by atoms with Crippen molar-refractivity contribution in [3.63, 3.8) is 0 Å². The molecule has 1 N–H and O–H groups in total. The molecule has 1 rings (SSSR count). The van der Waals surface area contributed by atoms with Crippen LogP contribution < -0.4 is 5.32 Å². The number of rotatable bonds is 5. The maximum atomic E-state index is 4.24. The van der Waals surface area contributed by atoms with E-state index in [0.717, 1.165) is 12.5 Å². The minimum Gasteiger partial charge on any atom is -0.333 e. The molecule has 1 aromatic rings. The van der Waals surface area contributed by atoms with Gasteiger partial charge in [-0.3, -0.25) is 0 Å². The van der Waals surface area contributed by atoms with E-state index in [2.05, 4.69) is 42.6 Å². The van der Waals surface area contributed by atoms with E-state index in [1.807, 2.05) is 19.6 Å². The standard InChI is InChI=1S/C12H23N3/c1-10(2)6-7-15-9-14-8-11(15)12(3,4)13-5/h8-10,13H,6-7H2,1-5H3. The fraction of sp³-hybridized carbons (Fsp3) is 0.750. The molecule has 0 atom stereocenters. The van der Waals surface area contributed by atoms with E-state index < -0.39 is 0 Å². The maximum Gasteiger partial charge on any atom is 0.0948 e. The Balaban J connectivity index is 2.78. The van der Waals surface area contributed by atoms with E-state index in [9.17, 15) is 0 Å². The van der Waals surface area contributed by atoms with Gasteiger partial charge in [0.05, 0.1) is 17.6 Å². The van der Waals surface area contributed by atoms with E-state index in [-0.39, 0.29) is 5.54 Å². The Labute approximate surface area is 92.9 Å². The third-order valence-electron chi connectivity index (χ3n) is 2.93. The number of aromatic nitrogens is 2. The quantitative estimate of drug-likeness (QED) is 0.807. The Bertz CT molecular complexity index is 300. The van der Waals surface area contributed by atoms with Crippen molar-refractivity contribution in [2.24, 2.45) is 5.92 Å². The zero-order valence-corrected chi connectivity index (χ0v) is 10.5. The monoisotopic (exact) mass is 209 g/mol. The van der Waals surface area contributed by atoms with Crippen molar-refractivity contribution in [2.75, 3.05) is 7.05 Å². The van der Waals surface area contributed by atoms with Crippen molar-refractivity contribution >= 4 is 0 Å². The first-order valence-electron chi connectivity index (χ1n) is 5.67. The van der Waals surface area contributed by atoms with E-state index in [0.29, 0.717) is 0 Å². The van der Waals surface area contributed by atoms with Gasteiger partial charge in [-0.2, -0.15) is 0 Å². The highest BCUT2D eigenvalue weighted by atomic mass is 15.1. The largest absolute Gasteiger partial charge is 0.333 e. The number of nitrogens with zero attached hydrogens (tertiary/aromatic N) is 2. The molecule has 0 spiro atoms. The summed E-state index contributed by atoms with van der Waals surface area (Å²) in [6.45, 7) is 9.91. The molecule has 3 heteroatoms. The minimum absolute atomic E-state index is 0.00647. The molecule has 1 aromatic heterocycles. The van der Waals surface area contributed by atoms with Crippen LogP contribution in [-0.4, -0.2) is 16.6 Å². The van der Waals surface area contributed by atoms with E-state index >= 15 is 0 Å². The second-order valence-electron chi connectivity index (χ2n) is 5.03. The lowest BCUT2D eigenvalue weighted by Crippen LogP contribution is -2.35. The van der Waals surface area contributed by atoms with Gasteiger partial charge < -0.3 is 9.88 Å². The molecule has 0 aromatic carbocycles. The van der Waals surface area contributed by atoms with Crippen LogP contribution in [0.3, 0.4) is 0 Å². The third kappa shape index (κ3) is 3.06. The topological polar surface area (TPSA) is 29.9 Å². The summed E-state index contributed by atoms with van der Waals surface area (Å²) in [6, 6.07) is 0. The summed E-state index contributed by atoms with van der Waals surface area (Å²) in [6.07, 6.45) is 5.08. The molecule has 0 bridgehead atoms. The number of hydrogen-bond donors (Lipinski definition) is 1. The van der Waals surface area contributed by atoms with Crippen LogP contribution in [0.4, 0.5) is 0 Å². The van der Waals surface area contributed by atoms with E-state index in [4.69, 9.17) is 0 Å². The summed E-state index contributed by atoms with van der Waals surface area (Å²) >= 11 is 0. The predicted molar refractivity (Wildman–Crippen MR) is 63.8 cm³/mol. The van der Waals surface area contributed by atoms with Crippen LogP contribution in [0, 0.1) is 5.92 Å². The summed E-state index contributed by atoms with van der Waals surface area (Å²) in [5.74, 6) is 0.734. The average Bonchev–Trinajstić information content (AvgIpc) is 2.63. The van der Waals surface area contributed by atoms with Gasteiger partial charge >= 0.3 is 0 Å². The molecule has 0 amide bonds.